The molecule has 0 radical (unpaired) electrons. The number of phenols is 1. The topological polar surface area (TPSA) is 50.9 Å². The van der Waals surface area contributed by atoms with Crippen LogP contribution in [0.2, 0.25) is 0 Å². The van der Waals surface area contributed by atoms with Crippen LogP contribution in [0, 0.1) is 5.41 Å². The van der Waals surface area contributed by atoms with Gasteiger partial charge in [-0.2, -0.15) is 0 Å². The first-order valence-corrected chi connectivity index (χ1v) is 11.3. The van der Waals surface area contributed by atoms with Crippen molar-refractivity contribution in [2.75, 3.05) is 0 Å². The Hall–Kier alpha value is -3.14. The molecular formula is C28H33N3O. The lowest BCUT2D eigenvalue weighted by Gasteiger charge is -2.30. The summed E-state index contributed by atoms with van der Waals surface area (Å²) < 4.78 is 0. The lowest BCUT2D eigenvalue weighted by Crippen LogP contribution is -2.21. The van der Waals surface area contributed by atoms with Crippen LogP contribution in [0.25, 0.3) is 16.7 Å². The van der Waals surface area contributed by atoms with Crippen LogP contribution >= 0.6 is 0 Å². The fourth-order valence-corrected chi connectivity index (χ4v) is 4.57. The summed E-state index contributed by atoms with van der Waals surface area (Å²) >= 11 is 0. The smallest absolute Gasteiger partial charge is 0.147 e. The lowest BCUT2D eigenvalue weighted by atomic mass is 9.75. The van der Waals surface area contributed by atoms with Crippen molar-refractivity contribution in [3.8, 4) is 11.4 Å². The van der Waals surface area contributed by atoms with Gasteiger partial charge in [0.15, 0.2) is 0 Å². The summed E-state index contributed by atoms with van der Waals surface area (Å²) in [7, 11) is 0. The van der Waals surface area contributed by atoms with E-state index in [-0.39, 0.29) is 16.6 Å². The summed E-state index contributed by atoms with van der Waals surface area (Å²) in [6.45, 7) is 13.4. The Kier molecular flexibility index (Phi) is 5.58. The zero-order valence-electron chi connectivity index (χ0n) is 19.9. The molecule has 4 heteroatoms. The third-order valence-electron chi connectivity index (χ3n) is 6.27. The molecule has 0 fully saturated rings. The molecule has 4 rings (SSSR count). The normalized spacial score (nSPS) is 13.4. The van der Waals surface area contributed by atoms with E-state index in [9.17, 15) is 5.11 Å². The molecule has 0 aliphatic heterocycles. The average molecular weight is 428 g/mol. The molecule has 3 aromatic carbocycles. The number of rotatable bonds is 5. The monoisotopic (exact) mass is 427 g/mol. The Morgan fingerprint density at radius 1 is 0.844 bits per heavy atom. The van der Waals surface area contributed by atoms with Gasteiger partial charge in [-0.05, 0) is 47.1 Å². The second-order valence-corrected chi connectivity index (χ2v) is 10.6. The SMILES string of the molecule is CC(CC(C)(C)C)c1cc(-n2nc3ccccc3n2)c(O)c(C(C)(C)c2ccccc2)c1. The van der Waals surface area contributed by atoms with Crippen LogP contribution in [0.5, 0.6) is 5.75 Å². The van der Waals surface area contributed by atoms with Crippen molar-refractivity contribution in [2.24, 2.45) is 5.41 Å². The molecular weight excluding hydrogens is 394 g/mol. The van der Waals surface area contributed by atoms with Gasteiger partial charge in [0.1, 0.15) is 22.5 Å². The van der Waals surface area contributed by atoms with Gasteiger partial charge in [-0.15, -0.1) is 15.0 Å². The fourth-order valence-electron chi connectivity index (χ4n) is 4.57. The number of aromatic nitrogens is 3. The number of hydrogen-bond donors (Lipinski definition) is 1. The molecule has 0 aliphatic carbocycles. The summed E-state index contributed by atoms with van der Waals surface area (Å²) in [6.07, 6.45) is 1.04. The van der Waals surface area contributed by atoms with E-state index < -0.39 is 0 Å². The molecule has 32 heavy (non-hydrogen) atoms. The van der Waals surface area contributed by atoms with Gasteiger partial charge in [-0.25, -0.2) is 0 Å². The zero-order chi connectivity index (χ0) is 23.1. The van der Waals surface area contributed by atoms with E-state index in [1.165, 1.54) is 5.56 Å². The molecule has 1 atom stereocenters. The predicted octanol–water partition coefficient (Wildman–Crippen LogP) is 6.99. The molecule has 4 nitrogen and oxygen atoms in total. The van der Waals surface area contributed by atoms with Gasteiger partial charge in [-0.1, -0.05) is 90.1 Å². The maximum atomic E-state index is 11.5. The Balaban J connectivity index is 1.93. The second kappa shape index (κ2) is 8.09. The Morgan fingerprint density at radius 3 is 1.97 bits per heavy atom. The molecule has 1 heterocycles. The molecule has 0 amide bonds. The molecule has 0 saturated heterocycles. The van der Waals surface area contributed by atoms with Gasteiger partial charge in [-0.3, -0.25) is 0 Å². The third kappa shape index (κ3) is 4.27. The van der Waals surface area contributed by atoms with E-state index in [1.54, 1.807) is 4.80 Å². The first-order valence-electron chi connectivity index (χ1n) is 11.3. The van der Waals surface area contributed by atoms with Crippen LogP contribution < -0.4 is 0 Å². The summed E-state index contributed by atoms with van der Waals surface area (Å²) in [5.74, 6) is 0.551. The molecule has 166 valence electrons. The molecule has 1 aromatic heterocycles. The average Bonchev–Trinajstić information content (AvgIpc) is 3.17. The number of benzene rings is 3. The van der Waals surface area contributed by atoms with Gasteiger partial charge in [0.05, 0.1) is 0 Å². The minimum absolute atomic E-state index is 0.200. The van der Waals surface area contributed by atoms with Crippen molar-refractivity contribution in [1.29, 1.82) is 0 Å². The number of nitrogens with zero attached hydrogens (tertiary/aromatic N) is 3. The number of fused-ring (bicyclic) bond motifs is 1. The quantitative estimate of drug-likeness (QED) is 0.373. The van der Waals surface area contributed by atoms with E-state index in [0.717, 1.165) is 28.6 Å². The summed E-state index contributed by atoms with van der Waals surface area (Å²) in [5, 5.41) is 20.8. The third-order valence-corrected chi connectivity index (χ3v) is 6.27. The van der Waals surface area contributed by atoms with Crippen molar-refractivity contribution in [3.05, 3.63) is 83.4 Å². The van der Waals surface area contributed by atoms with Gasteiger partial charge < -0.3 is 5.11 Å². The van der Waals surface area contributed by atoms with Crippen molar-refractivity contribution < 1.29 is 5.11 Å². The predicted molar refractivity (Wildman–Crippen MR) is 132 cm³/mol. The maximum Gasteiger partial charge on any atom is 0.147 e. The Morgan fingerprint density at radius 2 is 1.41 bits per heavy atom. The van der Waals surface area contributed by atoms with Gasteiger partial charge in [0, 0.05) is 11.0 Å². The minimum Gasteiger partial charge on any atom is -0.505 e. The minimum atomic E-state index is -0.385. The molecule has 0 aliphatic rings. The first kappa shape index (κ1) is 22.1. The van der Waals surface area contributed by atoms with Crippen LogP contribution in [0.3, 0.4) is 0 Å². The first-order chi connectivity index (χ1) is 15.1. The number of phenolic OH excluding ortho intramolecular Hbond substituents is 1. The van der Waals surface area contributed by atoms with E-state index >= 15 is 0 Å². The van der Waals surface area contributed by atoms with Crippen LogP contribution in [-0.2, 0) is 5.41 Å². The van der Waals surface area contributed by atoms with Crippen LogP contribution in [0.15, 0.2) is 66.7 Å². The summed E-state index contributed by atoms with van der Waals surface area (Å²) in [6, 6.07) is 22.3. The zero-order valence-corrected chi connectivity index (χ0v) is 19.9. The fraction of sp³-hybridized carbons (Fsp3) is 0.357. The Bertz CT molecular complexity index is 1200. The molecule has 1 N–H and O–H groups in total. The van der Waals surface area contributed by atoms with Crippen LogP contribution in [0.4, 0.5) is 0 Å². The molecule has 0 spiro atoms. The largest absolute Gasteiger partial charge is 0.505 e. The van der Waals surface area contributed by atoms with Crippen molar-refractivity contribution >= 4 is 11.0 Å². The maximum absolute atomic E-state index is 11.5. The highest BCUT2D eigenvalue weighted by Crippen LogP contribution is 2.43. The van der Waals surface area contributed by atoms with Crippen molar-refractivity contribution in [3.63, 3.8) is 0 Å². The van der Waals surface area contributed by atoms with Crippen LogP contribution in [-0.4, -0.2) is 20.1 Å². The van der Waals surface area contributed by atoms with Crippen molar-refractivity contribution in [2.45, 2.75) is 59.3 Å². The standard InChI is InChI=1S/C28H33N3O/c1-19(18-27(2,3)4)20-16-22(28(5,6)21-12-8-7-9-13-21)26(32)25(17-20)31-29-23-14-10-11-15-24(23)30-31/h7-17,19,32H,18H2,1-6H3. The highest BCUT2D eigenvalue weighted by Gasteiger charge is 2.30. The molecule has 0 saturated carbocycles. The molecule has 4 aromatic rings. The van der Waals surface area contributed by atoms with E-state index in [2.05, 4.69) is 76.0 Å². The van der Waals surface area contributed by atoms with E-state index in [0.29, 0.717) is 11.6 Å². The van der Waals surface area contributed by atoms with E-state index in [4.69, 9.17) is 0 Å². The summed E-state index contributed by atoms with van der Waals surface area (Å²) in [4.78, 5) is 1.58. The number of aromatic hydroxyl groups is 1. The highest BCUT2D eigenvalue weighted by atomic mass is 16.3. The van der Waals surface area contributed by atoms with Crippen molar-refractivity contribution in [1.82, 2.24) is 15.0 Å². The number of hydrogen-bond acceptors (Lipinski definition) is 3. The van der Waals surface area contributed by atoms with Gasteiger partial charge >= 0.3 is 0 Å². The lowest BCUT2D eigenvalue weighted by molar-refractivity contribution is 0.348. The molecule has 0 bridgehead atoms. The highest BCUT2D eigenvalue weighted by molar-refractivity contribution is 5.74. The Labute approximate surface area is 190 Å². The summed E-state index contributed by atoms with van der Waals surface area (Å²) in [5.41, 5.74) is 5.29. The molecule has 1 unspecified atom stereocenters. The second-order valence-electron chi connectivity index (χ2n) is 10.6. The van der Waals surface area contributed by atoms with Crippen LogP contribution in [0.1, 0.15) is 70.6 Å². The van der Waals surface area contributed by atoms with Gasteiger partial charge in [0.2, 0.25) is 0 Å². The van der Waals surface area contributed by atoms with E-state index in [1.807, 2.05) is 42.5 Å². The van der Waals surface area contributed by atoms with Gasteiger partial charge in [0.25, 0.3) is 0 Å².